The van der Waals surface area contributed by atoms with Gasteiger partial charge in [0.05, 0.1) is 19.8 Å². The van der Waals surface area contributed by atoms with Gasteiger partial charge < -0.3 is 4.52 Å². The molecule has 1 unspecified atom stereocenters. The first-order chi connectivity index (χ1) is 9.41. The van der Waals surface area contributed by atoms with Crippen LogP contribution >= 0.6 is 15.9 Å². The molecule has 3 amide bonds. The van der Waals surface area contributed by atoms with E-state index in [1.807, 2.05) is 0 Å². The van der Waals surface area contributed by atoms with Gasteiger partial charge in [0.2, 0.25) is 0 Å². The Hall–Kier alpha value is -0.720. The Kier molecular flexibility index (Phi) is 6.36. The summed E-state index contributed by atoms with van der Waals surface area (Å²) >= 11 is 0. The van der Waals surface area contributed by atoms with Gasteiger partial charge in [0.1, 0.15) is 6.54 Å². The fraction of sp³-hybridized carbons (Fsp3) is 0.778. The predicted octanol–water partition coefficient (Wildman–Crippen LogP) is 1.86. The van der Waals surface area contributed by atoms with Gasteiger partial charge in [0, 0.05) is 0 Å². The fourth-order valence-corrected chi connectivity index (χ4v) is 4.16. The lowest BCUT2D eigenvalue weighted by molar-refractivity contribution is -0.122. The van der Waals surface area contributed by atoms with Crippen LogP contribution in [0, 0.1) is 0 Å². The van der Waals surface area contributed by atoms with Crippen molar-refractivity contribution in [1.29, 1.82) is 0 Å². The maximum Gasteiger partial charge on any atom is 0.439 e. The highest BCUT2D eigenvalue weighted by Crippen LogP contribution is 2.55. The van der Waals surface area contributed by atoms with E-state index < -0.39 is 34.4 Å². The number of nitrogens with zero attached hydrogens (tertiary/aromatic N) is 2. The molecule has 20 heavy (non-hydrogen) atoms. The van der Waals surface area contributed by atoms with Crippen LogP contribution in [0.2, 0.25) is 0 Å². The third-order valence-corrected chi connectivity index (χ3v) is 5.69. The summed E-state index contributed by atoms with van der Waals surface area (Å²) in [6.45, 7) is 4.38. The molecule has 0 radical (unpaired) electrons. The summed E-state index contributed by atoms with van der Waals surface area (Å²) < 4.78 is 40.1. The largest absolute Gasteiger partial charge is 0.439 e. The van der Waals surface area contributed by atoms with Gasteiger partial charge in [0.25, 0.3) is 14.1 Å². The van der Waals surface area contributed by atoms with Gasteiger partial charge in [-0.15, -0.1) is 0 Å². The minimum atomic E-state index is -3.91. The van der Waals surface area contributed by atoms with Crippen molar-refractivity contribution in [3.05, 3.63) is 0 Å². The summed E-state index contributed by atoms with van der Waals surface area (Å²) in [4.78, 5) is 23.8. The molecule has 0 bridgehead atoms. The van der Waals surface area contributed by atoms with Crippen molar-refractivity contribution in [2.24, 2.45) is 0 Å². The monoisotopic (exact) mass is 328 g/mol. The molecule has 11 heteroatoms. The van der Waals surface area contributed by atoms with Crippen LogP contribution in [0.15, 0.2) is 0 Å². The Labute approximate surface area is 117 Å². The molecule has 0 aromatic carbocycles. The van der Waals surface area contributed by atoms with Crippen LogP contribution in [0.3, 0.4) is 0 Å². The zero-order chi connectivity index (χ0) is 15.3. The second-order valence-corrected chi connectivity index (χ2v) is 6.78. The van der Waals surface area contributed by atoms with Crippen LogP contribution in [0.4, 0.5) is 4.79 Å². The van der Waals surface area contributed by atoms with Gasteiger partial charge in [-0.3, -0.25) is 18.4 Å². The maximum atomic E-state index is 12.4. The molecule has 0 saturated carbocycles. The first kappa shape index (κ1) is 17.3. The number of amides is 3. The van der Waals surface area contributed by atoms with E-state index in [0.717, 1.165) is 0 Å². The molecule has 0 aromatic rings. The lowest BCUT2D eigenvalue weighted by Crippen LogP contribution is -2.28. The molecule has 1 aliphatic heterocycles. The van der Waals surface area contributed by atoms with Crippen molar-refractivity contribution in [3.63, 3.8) is 0 Å². The first-order valence-corrected chi connectivity index (χ1v) is 8.87. The molecule has 9 nitrogen and oxygen atoms in total. The zero-order valence-corrected chi connectivity index (χ0v) is 13.4. The van der Waals surface area contributed by atoms with Gasteiger partial charge in [-0.25, -0.2) is 14.0 Å². The molecular formula is C9H18N2O7P2. The number of hydrogen-bond acceptors (Lipinski definition) is 7. The van der Waals surface area contributed by atoms with Crippen LogP contribution in [0.25, 0.3) is 0 Å². The van der Waals surface area contributed by atoms with Crippen molar-refractivity contribution in [3.8, 4) is 0 Å². The number of urea groups is 1. The SMILES string of the molecule is CCO[PH](=O)N1C(=O)CN(P(=O)(OCC)OCC)C1=O. The third-order valence-electron chi connectivity index (χ3n) is 2.28. The van der Waals surface area contributed by atoms with Gasteiger partial charge in [0.15, 0.2) is 0 Å². The van der Waals surface area contributed by atoms with Crippen molar-refractivity contribution >= 4 is 27.9 Å². The average Bonchev–Trinajstić information content (AvgIpc) is 2.66. The number of rotatable bonds is 8. The molecule has 1 saturated heterocycles. The van der Waals surface area contributed by atoms with E-state index in [9.17, 15) is 18.7 Å². The van der Waals surface area contributed by atoms with Gasteiger partial charge in [-0.1, -0.05) is 0 Å². The molecule has 116 valence electrons. The molecule has 1 heterocycles. The predicted molar refractivity (Wildman–Crippen MR) is 70.4 cm³/mol. The van der Waals surface area contributed by atoms with Gasteiger partial charge >= 0.3 is 13.8 Å². The van der Waals surface area contributed by atoms with Gasteiger partial charge in [-0.2, -0.15) is 4.67 Å². The van der Waals surface area contributed by atoms with E-state index in [1.54, 1.807) is 20.8 Å². The zero-order valence-electron chi connectivity index (χ0n) is 11.5. The van der Waals surface area contributed by atoms with Crippen LogP contribution in [0.1, 0.15) is 20.8 Å². The van der Waals surface area contributed by atoms with Crippen LogP contribution < -0.4 is 0 Å². The first-order valence-electron chi connectivity index (χ1n) is 6.12. The van der Waals surface area contributed by atoms with E-state index in [-0.39, 0.29) is 19.8 Å². The molecular weight excluding hydrogens is 310 g/mol. The second kappa shape index (κ2) is 7.33. The third kappa shape index (κ3) is 3.48. The molecule has 0 spiro atoms. The summed E-state index contributed by atoms with van der Waals surface area (Å²) in [6.07, 6.45) is 0. The van der Waals surface area contributed by atoms with E-state index in [1.165, 1.54) is 0 Å². The Morgan fingerprint density at radius 2 is 1.70 bits per heavy atom. The van der Waals surface area contributed by atoms with Crippen LogP contribution in [0.5, 0.6) is 0 Å². The molecule has 0 aromatic heterocycles. The van der Waals surface area contributed by atoms with E-state index in [0.29, 0.717) is 9.34 Å². The Balaban J connectivity index is 2.99. The maximum absolute atomic E-state index is 12.4. The quantitative estimate of drug-likeness (QED) is 0.495. The molecule has 1 atom stereocenters. The van der Waals surface area contributed by atoms with Crippen molar-refractivity contribution < 1.29 is 32.3 Å². The molecule has 0 aliphatic carbocycles. The van der Waals surface area contributed by atoms with E-state index >= 15 is 0 Å². The summed E-state index contributed by atoms with van der Waals surface area (Å²) in [5.74, 6) is -0.757. The topological polar surface area (TPSA) is 102 Å². The van der Waals surface area contributed by atoms with E-state index in [4.69, 9.17) is 13.6 Å². The minimum Gasteiger partial charge on any atom is -0.315 e. The lowest BCUT2D eigenvalue weighted by Gasteiger charge is -2.24. The Bertz CT molecular complexity index is 446. The molecule has 1 fully saturated rings. The van der Waals surface area contributed by atoms with Crippen molar-refractivity contribution in [2.75, 3.05) is 26.4 Å². The Morgan fingerprint density at radius 3 is 2.15 bits per heavy atom. The second-order valence-electron chi connectivity index (χ2n) is 3.57. The van der Waals surface area contributed by atoms with Gasteiger partial charge in [-0.05, 0) is 20.8 Å². The van der Waals surface area contributed by atoms with Crippen LogP contribution in [-0.4, -0.2) is 47.6 Å². The molecule has 1 rings (SSSR count). The van der Waals surface area contributed by atoms with Crippen molar-refractivity contribution in [2.45, 2.75) is 20.8 Å². The highest BCUT2D eigenvalue weighted by atomic mass is 31.2. The number of hydrogen-bond donors (Lipinski definition) is 0. The number of carbonyl (C=O) groups is 2. The Morgan fingerprint density at radius 1 is 1.15 bits per heavy atom. The normalized spacial score (nSPS) is 17.9. The van der Waals surface area contributed by atoms with Crippen molar-refractivity contribution in [1.82, 2.24) is 9.34 Å². The molecule has 0 N–H and O–H groups in total. The summed E-state index contributed by atoms with van der Waals surface area (Å²) in [6, 6.07) is -0.988. The number of imide groups is 1. The minimum absolute atomic E-state index is 0.0376. The van der Waals surface area contributed by atoms with Crippen LogP contribution in [-0.2, 0) is 27.5 Å². The highest BCUT2D eigenvalue weighted by Gasteiger charge is 2.49. The molecule has 1 aliphatic rings. The van der Waals surface area contributed by atoms with E-state index in [2.05, 4.69) is 0 Å². The summed E-state index contributed by atoms with van der Waals surface area (Å²) in [5.41, 5.74) is 0. The standard InChI is InChI=1S/C9H18N2O7P2/c1-4-16-19(14)11-8(12)7-10(9(11)13)20(15,17-5-2)18-6-3/h19H,4-7H2,1-3H3. The fourth-order valence-electron chi connectivity index (χ4n) is 1.55. The average molecular weight is 328 g/mol. The number of carbonyl (C=O) groups excluding carboxylic acids is 2. The highest BCUT2D eigenvalue weighted by molar-refractivity contribution is 7.52. The smallest absolute Gasteiger partial charge is 0.315 e. The summed E-state index contributed by atoms with van der Waals surface area (Å²) in [7, 11) is -6.94. The lowest BCUT2D eigenvalue weighted by atomic mass is 10.7. The summed E-state index contributed by atoms with van der Waals surface area (Å²) in [5, 5.41) is 0.